The van der Waals surface area contributed by atoms with Gasteiger partial charge in [-0.25, -0.2) is 0 Å². The van der Waals surface area contributed by atoms with Crippen molar-refractivity contribution in [1.82, 2.24) is 10.2 Å². The minimum Gasteiger partial charge on any atom is -0.482 e. The fourth-order valence-corrected chi connectivity index (χ4v) is 3.98. The number of rotatable bonds is 7. The van der Waals surface area contributed by atoms with Crippen LogP contribution < -0.4 is 10.1 Å². The first-order valence-electron chi connectivity index (χ1n) is 8.32. The number of amides is 1. The molecule has 2 heterocycles. The molecule has 8 heteroatoms. The van der Waals surface area contributed by atoms with Crippen LogP contribution in [-0.2, 0) is 9.53 Å². The van der Waals surface area contributed by atoms with Crippen molar-refractivity contribution >= 4 is 40.4 Å². The molecule has 3 rings (SSSR count). The fraction of sp³-hybridized carbons (Fsp3) is 0.389. The van der Waals surface area contributed by atoms with Crippen molar-refractivity contribution in [2.75, 3.05) is 39.5 Å². The zero-order chi connectivity index (χ0) is 18.4. The Morgan fingerprint density at radius 1 is 1.31 bits per heavy atom. The SMILES string of the molecule is O=C(COc1ccc(Cl)cc1Cl)NC[C@H](c1ccsc1)N1CCOCC1. The van der Waals surface area contributed by atoms with E-state index in [9.17, 15) is 4.79 Å². The standard InChI is InChI=1S/C18H20Cl2N2O3S/c19-14-1-2-17(15(20)9-14)25-11-18(23)21-10-16(13-3-8-26-12-13)22-4-6-24-7-5-22/h1-3,8-9,12,16H,4-7,10-11H2,(H,21,23)/t16-/m1/s1. The van der Waals surface area contributed by atoms with E-state index in [0.29, 0.717) is 35.6 Å². The third kappa shape index (κ3) is 5.34. The van der Waals surface area contributed by atoms with Crippen molar-refractivity contribution < 1.29 is 14.3 Å². The van der Waals surface area contributed by atoms with Gasteiger partial charge in [-0.15, -0.1) is 0 Å². The third-order valence-electron chi connectivity index (χ3n) is 4.16. The maximum atomic E-state index is 12.2. The lowest BCUT2D eigenvalue weighted by atomic mass is 10.1. The molecule has 1 aromatic heterocycles. The molecular formula is C18H20Cl2N2O3S. The van der Waals surface area contributed by atoms with Gasteiger partial charge in [0.1, 0.15) is 5.75 Å². The van der Waals surface area contributed by atoms with E-state index in [4.69, 9.17) is 32.7 Å². The van der Waals surface area contributed by atoms with E-state index < -0.39 is 0 Å². The van der Waals surface area contributed by atoms with Gasteiger partial charge in [0.05, 0.1) is 24.3 Å². The van der Waals surface area contributed by atoms with E-state index in [0.717, 1.165) is 13.1 Å². The Morgan fingerprint density at radius 2 is 2.12 bits per heavy atom. The van der Waals surface area contributed by atoms with Crippen molar-refractivity contribution in [3.63, 3.8) is 0 Å². The van der Waals surface area contributed by atoms with Crippen LogP contribution in [0.15, 0.2) is 35.0 Å². The van der Waals surface area contributed by atoms with Gasteiger partial charge in [0.15, 0.2) is 6.61 Å². The lowest BCUT2D eigenvalue weighted by molar-refractivity contribution is -0.123. The van der Waals surface area contributed by atoms with Gasteiger partial charge in [-0.3, -0.25) is 9.69 Å². The normalized spacial score (nSPS) is 16.2. The van der Waals surface area contributed by atoms with Gasteiger partial charge in [0, 0.05) is 24.7 Å². The van der Waals surface area contributed by atoms with Gasteiger partial charge in [0.2, 0.25) is 0 Å². The van der Waals surface area contributed by atoms with Crippen molar-refractivity contribution in [2.24, 2.45) is 0 Å². The van der Waals surface area contributed by atoms with Crippen LogP contribution >= 0.6 is 34.5 Å². The second-order valence-corrected chi connectivity index (χ2v) is 7.51. The first-order chi connectivity index (χ1) is 12.6. The molecular weight excluding hydrogens is 395 g/mol. The number of hydrogen-bond donors (Lipinski definition) is 1. The minimum atomic E-state index is -0.190. The smallest absolute Gasteiger partial charge is 0.258 e. The summed E-state index contributed by atoms with van der Waals surface area (Å²) in [6, 6.07) is 7.14. The van der Waals surface area contributed by atoms with Gasteiger partial charge < -0.3 is 14.8 Å². The number of thiophene rings is 1. The Labute approximate surface area is 166 Å². The molecule has 0 bridgehead atoms. The summed E-state index contributed by atoms with van der Waals surface area (Å²) < 4.78 is 10.9. The van der Waals surface area contributed by atoms with Crippen molar-refractivity contribution in [3.8, 4) is 5.75 Å². The van der Waals surface area contributed by atoms with E-state index in [-0.39, 0.29) is 18.6 Å². The molecule has 1 atom stereocenters. The van der Waals surface area contributed by atoms with Crippen LogP contribution in [0.4, 0.5) is 0 Å². The molecule has 1 aliphatic heterocycles. The monoisotopic (exact) mass is 414 g/mol. The number of morpholine rings is 1. The van der Waals surface area contributed by atoms with Crippen LogP contribution in [0.5, 0.6) is 5.75 Å². The molecule has 0 saturated carbocycles. The first-order valence-corrected chi connectivity index (χ1v) is 10.0. The summed E-state index contributed by atoms with van der Waals surface area (Å²) in [6.45, 7) is 3.56. The van der Waals surface area contributed by atoms with E-state index in [1.165, 1.54) is 5.56 Å². The largest absolute Gasteiger partial charge is 0.482 e. The maximum Gasteiger partial charge on any atom is 0.258 e. The lowest BCUT2D eigenvalue weighted by Crippen LogP contribution is -2.44. The van der Waals surface area contributed by atoms with Crippen LogP contribution in [0.25, 0.3) is 0 Å². The predicted molar refractivity (Wildman–Crippen MR) is 104 cm³/mol. The van der Waals surface area contributed by atoms with Gasteiger partial charge >= 0.3 is 0 Å². The Kier molecular flexibility index (Phi) is 7.16. The third-order valence-corrected chi connectivity index (χ3v) is 5.39. The van der Waals surface area contributed by atoms with Crippen molar-refractivity contribution in [1.29, 1.82) is 0 Å². The molecule has 140 valence electrons. The second-order valence-electron chi connectivity index (χ2n) is 5.89. The average molecular weight is 415 g/mol. The van der Waals surface area contributed by atoms with E-state index in [1.807, 2.05) is 0 Å². The molecule has 1 aliphatic rings. The average Bonchev–Trinajstić information content (AvgIpc) is 3.16. The van der Waals surface area contributed by atoms with Crippen LogP contribution in [0, 0.1) is 0 Å². The van der Waals surface area contributed by atoms with Crippen LogP contribution in [0.1, 0.15) is 11.6 Å². The number of ether oxygens (including phenoxy) is 2. The van der Waals surface area contributed by atoms with Crippen LogP contribution in [-0.4, -0.2) is 50.3 Å². The van der Waals surface area contributed by atoms with Crippen molar-refractivity contribution in [3.05, 3.63) is 50.6 Å². The quantitative estimate of drug-likeness (QED) is 0.751. The van der Waals surface area contributed by atoms with Gasteiger partial charge in [0.25, 0.3) is 5.91 Å². The molecule has 1 N–H and O–H groups in total. The maximum absolute atomic E-state index is 12.2. The van der Waals surface area contributed by atoms with Gasteiger partial charge in [-0.2, -0.15) is 11.3 Å². The number of hydrogen-bond acceptors (Lipinski definition) is 5. The van der Waals surface area contributed by atoms with E-state index in [2.05, 4.69) is 27.0 Å². The number of halogens is 2. The topological polar surface area (TPSA) is 50.8 Å². The molecule has 0 spiro atoms. The summed E-state index contributed by atoms with van der Waals surface area (Å²) in [5.74, 6) is 0.248. The summed E-state index contributed by atoms with van der Waals surface area (Å²) in [6.07, 6.45) is 0. The van der Waals surface area contributed by atoms with Gasteiger partial charge in [-0.05, 0) is 40.6 Å². The molecule has 1 fully saturated rings. The summed E-state index contributed by atoms with van der Waals surface area (Å²) in [5, 5.41) is 8.04. The predicted octanol–water partition coefficient (Wildman–Crippen LogP) is 3.62. The lowest BCUT2D eigenvalue weighted by Gasteiger charge is -2.34. The molecule has 0 aliphatic carbocycles. The highest BCUT2D eigenvalue weighted by Gasteiger charge is 2.23. The number of nitrogens with zero attached hydrogens (tertiary/aromatic N) is 1. The van der Waals surface area contributed by atoms with Crippen LogP contribution in [0.2, 0.25) is 10.0 Å². The Morgan fingerprint density at radius 3 is 2.81 bits per heavy atom. The molecule has 2 aromatic rings. The molecule has 0 radical (unpaired) electrons. The number of carbonyl (C=O) groups is 1. The summed E-state index contributed by atoms with van der Waals surface area (Å²) in [7, 11) is 0. The summed E-state index contributed by atoms with van der Waals surface area (Å²) >= 11 is 13.6. The molecule has 0 unspecified atom stereocenters. The molecule has 1 saturated heterocycles. The molecule has 1 amide bonds. The Bertz CT molecular complexity index is 721. The van der Waals surface area contributed by atoms with Crippen LogP contribution in [0.3, 0.4) is 0 Å². The zero-order valence-corrected chi connectivity index (χ0v) is 16.4. The highest BCUT2D eigenvalue weighted by molar-refractivity contribution is 7.08. The Hall–Kier alpha value is -1.31. The highest BCUT2D eigenvalue weighted by atomic mass is 35.5. The Balaban J connectivity index is 1.53. The molecule has 1 aromatic carbocycles. The summed E-state index contributed by atoms with van der Waals surface area (Å²) in [4.78, 5) is 14.5. The number of benzene rings is 1. The molecule has 26 heavy (non-hydrogen) atoms. The first kappa shape index (κ1) is 19.5. The van der Waals surface area contributed by atoms with Crippen molar-refractivity contribution in [2.45, 2.75) is 6.04 Å². The minimum absolute atomic E-state index is 0.0964. The van der Waals surface area contributed by atoms with E-state index >= 15 is 0 Å². The molecule has 5 nitrogen and oxygen atoms in total. The van der Waals surface area contributed by atoms with E-state index in [1.54, 1.807) is 29.5 Å². The number of nitrogens with one attached hydrogen (secondary N) is 1. The second kappa shape index (κ2) is 9.58. The zero-order valence-electron chi connectivity index (χ0n) is 14.1. The van der Waals surface area contributed by atoms with Gasteiger partial charge in [-0.1, -0.05) is 23.2 Å². The highest BCUT2D eigenvalue weighted by Crippen LogP contribution is 2.27. The number of carbonyl (C=O) groups excluding carboxylic acids is 1. The fourth-order valence-electron chi connectivity index (χ4n) is 2.81. The summed E-state index contributed by atoms with van der Waals surface area (Å²) in [5.41, 5.74) is 1.21.